The molecule has 0 fully saturated rings. The van der Waals surface area contributed by atoms with Gasteiger partial charge < -0.3 is 41.2 Å². The largest absolute Gasteiger partial charge is 0.508 e. The Bertz CT molecular complexity index is 1330. The zero-order valence-electron chi connectivity index (χ0n) is 26.1. The molecule has 0 bridgehead atoms. The van der Waals surface area contributed by atoms with Crippen LogP contribution in [0.15, 0.2) is 48.5 Å². The first-order valence-corrected chi connectivity index (χ1v) is 15.0. The normalized spacial score (nSPS) is 21.7. The number of hydrogen-bond acceptors (Lipinski definition) is 8. The van der Waals surface area contributed by atoms with Gasteiger partial charge in [-0.15, -0.1) is 0 Å². The van der Waals surface area contributed by atoms with E-state index in [-0.39, 0.29) is 42.6 Å². The Labute approximate surface area is 262 Å². The standard InChI is InChI=1S/C32H43N5O8/c1-19(2)28-32(43)34-20(3)18-45-26-9-6-5-8-23(26)29(40)36-25(30(41)33-14-7-15-44-4)17-27(39)35-24(31(42)37-28)16-21-10-12-22(38)13-11-21/h5-6,8-13,19-20,24-25,28,38H,7,14-18H2,1-4H3,(H,33,41)(H,34,43)(H,35,39)(H,36,40)(H,37,42)/t20-,24-,25-,28+/m0/s1. The number of amides is 5. The summed E-state index contributed by atoms with van der Waals surface area (Å²) in [5.74, 6) is -3.01. The molecule has 13 nitrogen and oxygen atoms in total. The van der Waals surface area contributed by atoms with E-state index in [4.69, 9.17) is 9.47 Å². The molecule has 3 rings (SSSR count). The fourth-order valence-corrected chi connectivity index (χ4v) is 4.67. The first-order valence-electron chi connectivity index (χ1n) is 15.0. The second-order valence-electron chi connectivity index (χ2n) is 11.3. The van der Waals surface area contributed by atoms with Crippen LogP contribution < -0.4 is 31.3 Å². The molecule has 0 saturated heterocycles. The summed E-state index contributed by atoms with van der Waals surface area (Å²) in [6.07, 6.45) is 0.0696. The first kappa shape index (κ1) is 34.8. The Balaban J connectivity index is 1.97. The number of rotatable bonds is 8. The molecule has 244 valence electrons. The number of aromatic hydroxyl groups is 1. The molecule has 5 amide bonds. The average molecular weight is 626 g/mol. The molecule has 0 radical (unpaired) electrons. The molecule has 2 aromatic rings. The number of hydrogen-bond donors (Lipinski definition) is 6. The van der Waals surface area contributed by atoms with Crippen molar-refractivity contribution in [2.24, 2.45) is 5.92 Å². The lowest BCUT2D eigenvalue weighted by molar-refractivity contribution is -0.133. The third kappa shape index (κ3) is 10.8. The Hall–Kier alpha value is -4.65. The van der Waals surface area contributed by atoms with E-state index in [1.165, 1.54) is 25.3 Å². The average Bonchev–Trinajstić information content (AvgIpc) is 3.00. The van der Waals surface area contributed by atoms with Crippen molar-refractivity contribution in [3.8, 4) is 11.5 Å². The maximum atomic E-state index is 13.6. The van der Waals surface area contributed by atoms with Crippen LogP contribution in [-0.4, -0.2) is 85.7 Å². The van der Waals surface area contributed by atoms with E-state index in [0.717, 1.165) is 0 Å². The minimum Gasteiger partial charge on any atom is -0.508 e. The highest BCUT2D eigenvalue weighted by atomic mass is 16.5. The monoisotopic (exact) mass is 625 g/mol. The molecule has 45 heavy (non-hydrogen) atoms. The van der Waals surface area contributed by atoms with Crippen molar-refractivity contribution in [2.75, 3.05) is 26.9 Å². The van der Waals surface area contributed by atoms with Gasteiger partial charge in [-0.25, -0.2) is 0 Å². The van der Waals surface area contributed by atoms with Crippen molar-refractivity contribution in [3.63, 3.8) is 0 Å². The van der Waals surface area contributed by atoms with Gasteiger partial charge >= 0.3 is 0 Å². The van der Waals surface area contributed by atoms with Crippen LogP contribution in [0, 0.1) is 5.92 Å². The van der Waals surface area contributed by atoms with E-state index in [9.17, 15) is 29.1 Å². The van der Waals surface area contributed by atoms with Crippen LogP contribution in [0.25, 0.3) is 0 Å². The second-order valence-corrected chi connectivity index (χ2v) is 11.3. The number of para-hydroxylation sites is 1. The van der Waals surface area contributed by atoms with Crippen molar-refractivity contribution in [1.82, 2.24) is 26.6 Å². The topological polar surface area (TPSA) is 184 Å². The van der Waals surface area contributed by atoms with Crippen LogP contribution >= 0.6 is 0 Å². The minimum absolute atomic E-state index is 0.0156. The van der Waals surface area contributed by atoms with Crippen LogP contribution in [0.5, 0.6) is 11.5 Å². The molecule has 0 spiro atoms. The van der Waals surface area contributed by atoms with Gasteiger partial charge in [0.1, 0.15) is 36.2 Å². The molecule has 1 aliphatic rings. The third-order valence-electron chi connectivity index (χ3n) is 7.12. The molecule has 1 heterocycles. The van der Waals surface area contributed by atoms with Crippen molar-refractivity contribution < 1.29 is 38.6 Å². The van der Waals surface area contributed by atoms with Crippen LogP contribution in [0.3, 0.4) is 0 Å². The quantitative estimate of drug-likeness (QED) is 0.233. The Kier molecular flexibility index (Phi) is 13.2. The highest BCUT2D eigenvalue weighted by Crippen LogP contribution is 2.19. The third-order valence-corrected chi connectivity index (χ3v) is 7.12. The summed E-state index contributed by atoms with van der Waals surface area (Å²) >= 11 is 0. The first-order chi connectivity index (χ1) is 21.5. The number of nitrogens with one attached hydrogen (secondary N) is 5. The van der Waals surface area contributed by atoms with Crippen LogP contribution in [0.4, 0.5) is 0 Å². The summed E-state index contributed by atoms with van der Waals surface area (Å²) in [5, 5.41) is 23.3. The number of ether oxygens (including phenoxy) is 2. The molecule has 0 aromatic heterocycles. The summed E-state index contributed by atoms with van der Waals surface area (Å²) in [6.45, 7) is 5.97. The van der Waals surface area contributed by atoms with Crippen molar-refractivity contribution in [1.29, 1.82) is 0 Å². The van der Waals surface area contributed by atoms with E-state index in [1.54, 1.807) is 51.1 Å². The molecular weight excluding hydrogens is 582 g/mol. The van der Waals surface area contributed by atoms with Crippen molar-refractivity contribution in [3.05, 3.63) is 59.7 Å². The fourth-order valence-electron chi connectivity index (χ4n) is 4.67. The van der Waals surface area contributed by atoms with Gasteiger partial charge in [0.05, 0.1) is 18.0 Å². The van der Waals surface area contributed by atoms with Crippen LogP contribution in [-0.2, 0) is 30.3 Å². The number of fused-ring (bicyclic) bond motifs is 1. The van der Waals surface area contributed by atoms with E-state index in [1.807, 2.05) is 0 Å². The number of phenolic OH excluding ortho intramolecular Hbond substituents is 1. The lowest BCUT2D eigenvalue weighted by atomic mass is 10.0. The zero-order chi connectivity index (χ0) is 32.9. The predicted molar refractivity (Wildman–Crippen MR) is 165 cm³/mol. The number of carbonyl (C=O) groups excluding carboxylic acids is 5. The number of phenols is 1. The summed E-state index contributed by atoms with van der Waals surface area (Å²) in [7, 11) is 1.54. The van der Waals surface area contributed by atoms with Gasteiger partial charge in [-0.1, -0.05) is 38.1 Å². The van der Waals surface area contributed by atoms with Gasteiger partial charge in [-0.3, -0.25) is 24.0 Å². The Morgan fingerprint density at radius 1 is 1.00 bits per heavy atom. The Morgan fingerprint density at radius 3 is 2.40 bits per heavy atom. The molecular formula is C32H43N5O8. The van der Waals surface area contributed by atoms with Crippen molar-refractivity contribution in [2.45, 2.75) is 64.2 Å². The summed E-state index contributed by atoms with van der Waals surface area (Å²) in [6, 6.07) is 8.72. The van der Waals surface area contributed by atoms with Crippen LogP contribution in [0.2, 0.25) is 0 Å². The van der Waals surface area contributed by atoms with Crippen molar-refractivity contribution >= 4 is 29.5 Å². The van der Waals surface area contributed by atoms with E-state index >= 15 is 0 Å². The van der Waals surface area contributed by atoms with Gasteiger partial charge in [0.25, 0.3) is 5.91 Å². The summed E-state index contributed by atoms with van der Waals surface area (Å²) < 4.78 is 10.9. The van der Waals surface area contributed by atoms with E-state index in [0.29, 0.717) is 18.6 Å². The highest BCUT2D eigenvalue weighted by Gasteiger charge is 2.32. The fraction of sp³-hybridized carbons (Fsp3) is 0.469. The van der Waals surface area contributed by atoms with Gasteiger partial charge in [-0.05, 0) is 49.1 Å². The highest BCUT2D eigenvalue weighted by molar-refractivity contribution is 6.01. The zero-order valence-corrected chi connectivity index (χ0v) is 26.1. The summed E-state index contributed by atoms with van der Waals surface area (Å²) in [5.41, 5.74) is 0.771. The SMILES string of the molecule is COCCCNC(=O)[C@@H]1CC(=O)N[C@@H](Cc2ccc(O)cc2)C(=O)N[C@H](C(C)C)C(=O)N[C@@H](C)COc2ccccc2C(=O)N1. The molecule has 13 heteroatoms. The molecule has 1 aliphatic heterocycles. The maximum Gasteiger partial charge on any atom is 0.255 e. The lowest BCUT2D eigenvalue weighted by Crippen LogP contribution is -2.57. The predicted octanol–water partition coefficient (Wildman–Crippen LogP) is 0.799. The molecule has 2 aromatic carbocycles. The number of methoxy groups -OCH3 is 1. The maximum absolute atomic E-state index is 13.6. The van der Waals surface area contributed by atoms with Gasteiger partial charge in [-0.2, -0.15) is 0 Å². The molecule has 6 N–H and O–H groups in total. The van der Waals surface area contributed by atoms with E-state index < -0.39 is 60.1 Å². The Morgan fingerprint density at radius 2 is 1.71 bits per heavy atom. The smallest absolute Gasteiger partial charge is 0.255 e. The van der Waals surface area contributed by atoms with Gasteiger partial charge in [0, 0.05) is 26.7 Å². The van der Waals surface area contributed by atoms with Gasteiger partial charge in [0.2, 0.25) is 23.6 Å². The number of benzene rings is 2. The van der Waals surface area contributed by atoms with E-state index in [2.05, 4.69) is 26.6 Å². The molecule has 0 saturated carbocycles. The number of carbonyl (C=O) groups is 5. The lowest BCUT2D eigenvalue weighted by Gasteiger charge is -2.27. The molecule has 4 atom stereocenters. The molecule has 0 aliphatic carbocycles. The second kappa shape index (κ2) is 17.0. The van der Waals surface area contributed by atoms with Crippen LogP contribution in [0.1, 0.15) is 49.5 Å². The summed E-state index contributed by atoms with van der Waals surface area (Å²) in [4.78, 5) is 66.9. The molecule has 0 unspecified atom stereocenters. The van der Waals surface area contributed by atoms with Gasteiger partial charge in [0.15, 0.2) is 0 Å². The minimum atomic E-state index is -1.29.